The molecule has 1 saturated heterocycles. The summed E-state index contributed by atoms with van der Waals surface area (Å²) in [7, 11) is 1.93. The summed E-state index contributed by atoms with van der Waals surface area (Å²) in [5.74, 6) is 1.47. The number of imidazole rings is 1. The Hall–Kier alpha value is -3.12. The number of carbonyl (C=O) groups excluding carboxylic acids is 1. The Morgan fingerprint density at radius 2 is 1.73 bits per heavy atom. The smallest absolute Gasteiger partial charge is 0.251 e. The molecule has 2 heterocycles. The van der Waals surface area contributed by atoms with Gasteiger partial charge in [0.2, 0.25) is 0 Å². The molecule has 4 rings (SSSR count). The lowest BCUT2D eigenvalue weighted by Gasteiger charge is -2.14. The molecule has 3 aromatic rings. The zero-order valence-electron chi connectivity index (χ0n) is 17.4. The van der Waals surface area contributed by atoms with Gasteiger partial charge in [0.1, 0.15) is 18.2 Å². The van der Waals surface area contributed by atoms with Crippen molar-refractivity contribution in [1.82, 2.24) is 19.8 Å². The van der Waals surface area contributed by atoms with Crippen molar-refractivity contribution in [2.24, 2.45) is 7.05 Å². The Bertz CT molecular complexity index is 958. The van der Waals surface area contributed by atoms with Crippen LogP contribution in [0.1, 0.15) is 40.2 Å². The van der Waals surface area contributed by atoms with Crippen LogP contribution in [0.4, 0.5) is 0 Å². The van der Waals surface area contributed by atoms with E-state index in [1.54, 1.807) is 18.3 Å². The van der Waals surface area contributed by atoms with Crippen LogP contribution in [-0.2, 0) is 26.7 Å². The second-order valence-corrected chi connectivity index (χ2v) is 7.75. The Balaban J connectivity index is 1.24. The van der Waals surface area contributed by atoms with Crippen LogP contribution in [-0.4, -0.2) is 33.4 Å². The molecule has 0 bridgehead atoms. The predicted octanol–water partition coefficient (Wildman–Crippen LogP) is 3.52. The summed E-state index contributed by atoms with van der Waals surface area (Å²) in [5.41, 5.74) is 3.04. The summed E-state index contributed by atoms with van der Waals surface area (Å²) in [6.07, 6.45) is 6.24. The first-order valence-electron chi connectivity index (χ1n) is 10.4. The van der Waals surface area contributed by atoms with E-state index < -0.39 is 0 Å². The maximum absolute atomic E-state index is 12.4. The minimum absolute atomic E-state index is 0.0909. The SMILES string of the molecule is Cn1ccnc1COc1ccc(C(=O)NCc2ccc(CN3CCCC3)cc2)cc1. The van der Waals surface area contributed by atoms with E-state index in [1.165, 1.54) is 31.5 Å². The largest absolute Gasteiger partial charge is 0.486 e. The summed E-state index contributed by atoms with van der Waals surface area (Å²) in [6, 6.07) is 15.7. The molecular formula is C24H28N4O2. The van der Waals surface area contributed by atoms with Crippen LogP contribution < -0.4 is 10.1 Å². The third kappa shape index (κ3) is 5.27. The van der Waals surface area contributed by atoms with Crippen molar-refractivity contribution in [3.8, 4) is 5.75 Å². The van der Waals surface area contributed by atoms with Gasteiger partial charge in [-0.3, -0.25) is 9.69 Å². The van der Waals surface area contributed by atoms with Gasteiger partial charge in [0.15, 0.2) is 0 Å². The summed E-state index contributed by atoms with van der Waals surface area (Å²) in [6.45, 7) is 4.32. The lowest BCUT2D eigenvalue weighted by Crippen LogP contribution is -2.22. The summed E-state index contributed by atoms with van der Waals surface area (Å²) in [5, 5.41) is 2.99. The van der Waals surface area contributed by atoms with Gasteiger partial charge >= 0.3 is 0 Å². The van der Waals surface area contributed by atoms with Crippen LogP contribution >= 0.6 is 0 Å². The van der Waals surface area contributed by atoms with Crippen molar-refractivity contribution in [2.45, 2.75) is 32.5 Å². The molecule has 1 amide bonds. The molecule has 0 spiro atoms. The molecule has 0 atom stereocenters. The molecule has 6 heteroatoms. The molecule has 6 nitrogen and oxygen atoms in total. The Morgan fingerprint density at radius 1 is 1.03 bits per heavy atom. The normalized spacial score (nSPS) is 14.0. The molecule has 2 aromatic carbocycles. The topological polar surface area (TPSA) is 59.4 Å². The van der Waals surface area contributed by atoms with Gasteiger partial charge in [-0.1, -0.05) is 24.3 Å². The van der Waals surface area contributed by atoms with E-state index in [4.69, 9.17) is 4.74 Å². The number of carbonyl (C=O) groups is 1. The van der Waals surface area contributed by atoms with Gasteiger partial charge in [0.25, 0.3) is 5.91 Å². The van der Waals surface area contributed by atoms with Crippen molar-refractivity contribution < 1.29 is 9.53 Å². The van der Waals surface area contributed by atoms with Crippen molar-refractivity contribution in [3.63, 3.8) is 0 Å². The third-order valence-electron chi connectivity index (χ3n) is 5.49. The number of hydrogen-bond acceptors (Lipinski definition) is 4. The highest BCUT2D eigenvalue weighted by Gasteiger charge is 2.11. The molecule has 30 heavy (non-hydrogen) atoms. The first-order chi connectivity index (χ1) is 14.7. The van der Waals surface area contributed by atoms with E-state index in [2.05, 4.69) is 39.5 Å². The number of nitrogens with zero attached hydrogens (tertiary/aromatic N) is 3. The molecular weight excluding hydrogens is 376 g/mol. The number of ether oxygens (including phenoxy) is 1. The number of rotatable bonds is 8. The van der Waals surface area contributed by atoms with Crippen molar-refractivity contribution in [1.29, 1.82) is 0 Å². The van der Waals surface area contributed by atoms with E-state index in [1.807, 2.05) is 29.9 Å². The number of aryl methyl sites for hydroxylation is 1. The van der Waals surface area contributed by atoms with Gasteiger partial charge in [-0.15, -0.1) is 0 Å². The monoisotopic (exact) mass is 404 g/mol. The molecule has 1 aliphatic heterocycles. The minimum Gasteiger partial charge on any atom is -0.486 e. The lowest BCUT2D eigenvalue weighted by molar-refractivity contribution is 0.0951. The quantitative estimate of drug-likeness (QED) is 0.624. The zero-order valence-corrected chi connectivity index (χ0v) is 17.4. The standard InChI is InChI=1S/C24H28N4O2/c1-27-15-12-25-23(27)18-30-22-10-8-21(9-11-22)24(29)26-16-19-4-6-20(7-5-19)17-28-13-2-3-14-28/h4-12,15H,2-3,13-14,16-18H2,1H3,(H,26,29). The van der Waals surface area contributed by atoms with Gasteiger partial charge in [-0.2, -0.15) is 0 Å². The zero-order chi connectivity index (χ0) is 20.8. The molecule has 0 unspecified atom stereocenters. The van der Waals surface area contributed by atoms with Crippen LogP contribution in [0.2, 0.25) is 0 Å². The highest BCUT2D eigenvalue weighted by atomic mass is 16.5. The minimum atomic E-state index is -0.0909. The number of nitrogens with one attached hydrogen (secondary N) is 1. The van der Waals surface area contributed by atoms with Crippen LogP contribution in [0.3, 0.4) is 0 Å². The molecule has 1 aromatic heterocycles. The maximum Gasteiger partial charge on any atom is 0.251 e. The highest BCUT2D eigenvalue weighted by molar-refractivity contribution is 5.94. The number of benzene rings is 2. The van der Waals surface area contributed by atoms with Crippen molar-refractivity contribution in [3.05, 3.63) is 83.4 Å². The van der Waals surface area contributed by atoms with Crippen molar-refractivity contribution >= 4 is 5.91 Å². The number of hydrogen-bond donors (Lipinski definition) is 1. The fourth-order valence-electron chi connectivity index (χ4n) is 3.63. The third-order valence-corrected chi connectivity index (χ3v) is 5.49. The van der Waals surface area contributed by atoms with Gasteiger partial charge in [-0.25, -0.2) is 4.98 Å². The second kappa shape index (κ2) is 9.59. The van der Waals surface area contributed by atoms with Crippen LogP contribution in [0.15, 0.2) is 60.9 Å². The molecule has 0 aliphatic carbocycles. The van der Waals surface area contributed by atoms with E-state index in [0.717, 1.165) is 17.9 Å². The maximum atomic E-state index is 12.4. The highest BCUT2D eigenvalue weighted by Crippen LogP contribution is 2.15. The summed E-state index contributed by atoms with van der Waals surface area (Å²) >= 11 is 0. The van der Waals surface area contributed by atoms with E-state index >= 15 is 0 Å². The molecule has 1 N–H and O–H groups in total. The molecule has 1 aliphatic rings. The second-order valence-electron chi connectivity index (χ2n) is 7.75. The van der Waals surface area contributed by atoms with Gasteiger partial charge in [0, 0.05) is 38.1 Å². The lowest BCUT2D eigenvalue weighted by atomic mass is 10.1. The summed E-state index contributed by atoms with van der Waals surface area (Å²) in [4.78, 5) is 19.2. The van der Waals surface area contributed by atoms with Crippen LogP contribution in [0, 0.1) is 0 Å². The van der Waals surface area contributed by atoms with Crippen LogP contribution in [0.5, 0.6) is 5.75 Å². The van der Waals surface area contributed by atoms with Crippen molar-refractivity contribution in [2.75, 3.05) is 13.1 Å². The average molecular weight is 405 g/mol. The first kappa shape index (κ1) is 20.2. The number of aromatic nitrogens is 2. The van der Waals surface area contributed by atoms with Gasteiger partial charge in [0.05, 0.1) is 0 Å². The molecule has 0 saturated carbocycles. The van der Waals surface area contributed by atoms with Crippen LogP contribution in [0.25, 0.3) is 0 Å². The van der Waals surface area contributed by atoms with E-state index in [-0.39, 0.29) is 5.91 Å². The summed E-state index contributed by atoms with van der Waals surface area (Å²) < 4.78 is 7.65. The fraction of sp³-hybridized carbons (Fsp3) is 0.333. The van der Waals surface area contributed by atoms with Gasteiger partial charge in [-0.05, 0) is 61.3 Å². The Morgan fingerprint density at radius 3 is 2.40 bits per heavy atom. The molecule has 156 valence electrons. The number of amides is 1. The van der Waals surface area contributed by atoms with Gasteiger partial charge < -0.3 is 14.6 Å². The Kier molecular flexibility index (Phi) is 6.44. The average Bonchev–Trinajstić information content (AvgIpc) is 3.43. The fourth-order valence-corrected chi connectivity index (χ4v) is 3.63. The first-order valence-corrected chi connectivity index (χ1v) is 10.4. The van der Waals surface area contributed by atoms with E-state index in [9.17, 15) is 4.79 Å². The molecule has 1 fully saturated rings. The predicted molar refractivity (Wildman–Crippen MR) is 116 cm³/mol. The number of likely N-dealkylation sites (tertiary alicyclic amines) is 1. The van der Waals surface area contributed by atoms with E-state index in [0.29, 0.717) is 24.5 Å². The molecule has 0 radical (unpaired) electrons. The Labute approximate surface area is 177 Å².